The van der Waals surface area contributed by atoms with Crippen LogP contribution in [0.5, 0.6) is 5.75 Å². The summed E-state index contributed by atoms with van der Waals surface area (Å²) < 4.78 is 11.4. The standard InChI is InChI=1S/C21H23N3O2/c1-15-6-5-7-16(12-15)21-23-22-20(26-21)14-24-11-10-17(13-24)18-8-3-4-9-19(18)25-2/h3-9,12,17H,10-11,13-14H2,1-2H3/t17-/m1/s1. The van der Waals surface area contributed by atoms with Crippen LogP contribution >= 0.6 is 0 Å². The van der Waals surface area contributed by atoms with E-state index in [1.165, 1.54) is 11.1 Å². The fourth-order valence-electron chi connectivity index (χ4n) is 3.64. The van der Waals surface area contributed by atoms with Crippen LogP contribution in [0.15, 0.2) is 52.9 Å². The average molecular weight is 349 g/mol. The highest BCUT2D eigenvalue weighted by Crippen LogP contribution is 2.33. The molecule has 0 radical (unpaired) electrons. The molecule has 2 heterocycles. The zero-order valence-electron chi connectivity index (χ0n) is 15.2. The van der Waals surface area contributed by atoms with Gasteiger partial charge in [0.2, 0.25) is 11.8 Å². The summed E-state index contributed by atoms with van der Waals surface area (Å²) in [5, 5.41) is 8.45. The number of nitrogens with zero attached hydrogens (tertiary/aromatic N) is 3. The minimum absolute atomic E-state index is 0.477. The number of hydrogen-bond donors (Lipinski definition) is 0. The lowest BCUT2D eigenvalue weighted by Gasteiger charge is -2.16. The Morgan fingerprint density at radius 2 is 2.04 bits per heavy atom. The second-order valence-corrected chi connectivity index (χ2v) is 6.83. The van der Waals surface area contributed by atoms with E-state index in [-0.39, 0.29) is 0 Å². The SMILES string of the molecule is COc1ccccc1[C@@H]1CCN(Cc2nnc(-c3cccc(C)c3)o2)C1. The lowest BCUT2D eigenvalue weighted by molar-refractivity contribution is 0.288. The Bertz CT molecular complexity index is 890. The highest BCUT2D eigenvalue weighted by Gasteiger charge is 2.27. The van der Waals surface area contributed by atoms with Crippen LogP contribution in [0.1, 0.15) is 29.4 Å². The molecule has 2 aromatic carbocycles. The quantitative estimate of drug-likeness (QED) is 0.696. The Morgan fingerprint density at radius 3 is 2.88 bits per heavy atom. The Kier molecular flexibility index (Phi) is 4.71. The van der Waals surface area contributed by atoms with Crippen LogP contribution in [0.3, 0.4) is 0 Å². The molecule has 3 aromatic rings. The maximum atomic E-state index is 5.88. The van der Waals surface area contributed by atoms with Gasteiger partial charge in [0.1, 0.15) is 5.75 Å². The molecule has 26 heavy (non-hydrogen) atoms. The molecule has 1 saturated heterocycles. The fraction of sp³-hybridized carbons (Fsp3) is 0.333. The first-order chi connectivity index (χ1) is 12.7. The minimum Gasteiger partial charge on any atom is -0.496 e. The zero-order valence-corrected chi connectivity index (χ0v) is 15.2. The van der Waals surface area contributed by atoms with Crippen LogP contribution in [0.25, 0.3) is 11.5 Å². The second kappa shape index (κ2) is 7.30. The topological polar surface area (TPSA) is 51.4 Å². The molecular formula is C21H23N3O2. The molecule has 0 spiro atoms. The fourth-order valence-corrected chi connectivity index (χ4v) is 3.64. The van der Waals surface area contributed by atoms with E-state index in [1.807, 2.05) is 24.3 Å². The minimum atomic E-state index is 0.477. The lowest BCUT2D eigenvalue weighted by Crippen LogP contribution is -2.20. The summed E-state index contributed by atoms with van der Waals surface area (Å²) in [6.07, 6.45) is 1.11. The van der Waals surface area contributed by atoms with Crippen LogP contribution in [0.4, 0.5) is 0 Å². The van der Waals surface area contributed by atoms with E-state index in [9.17, 15) is 0 Å². The van der Waals surface area contributed by atoms with Crippen LogP contribution in [-0.2, 0) is 6.54 Å². The molecule has 1 aromatic heterocycles. The van der Waals surface area contributed by atoms with E-state index >= 15 is 0 Å². The number of likely N-dealkylation sites (tertiary alicyclic amines) is 1. The summed E-state index contributed by atoms with van der Waals surface area (Å²) in [5.41, 5.74) is 3.43. The van der Waals surface area contributed by atoms with Crippen LogP contribution < -0.4 is 4.74 Å². The molecule has 4 rings (SSSR count). The van der Waals surface area contributed by atoms with Crippen molar-refractivity contribution in [3.05, 3.63) is 65.5 Å². The van der Waals surface area contributed by atoms with Gasteiger partial charge in [-0.25, -0.2) is 0 Å². The van der Waals surface area contributed by atoms with E-state index in [2.05, 4.69) is 46.3 Å². The summed E-state index contributed by atoms with van der Waals surface area (Å²) in [7, 11) is 1.73. The largest absolute Gasteiger partial charge is 0.496 e. The molecule has 1 fully saturated rings. The predicted molar refractivity (Wildman–Crippen MR) is 100 cm³/mol. The van der Waals surface area contributed by atoms with Crippen molar-refractivity contribution in [1.29, 1.82) is 0 Å². The molecule has 1 atom stereocenters. The van der Waals surface area contributed by atoms with Crippen LogP contribution in [0, 0.1) is 6.92 Å². The molecule has 0 aliphatic carbocycles. The number of para-hydroxylation sites is 1. The number of aromatic nitrogens is 2. The summed E-state index contributed by atoms with van der Waals surface area (Å²) in [4.78, 5) is 2.37. The van der Waals surface area contributed by atoms with Gasteiger partial charge in [0.05, 0.1) is 13.7 Å². The van der Waals surface area contributed by atoms with Crippen molar-refractivity contribution in [2.45, 2.75) is 25.8 Å². The van der Waals surface area contributed by atoms with Crippen molar-refractivity contribution >= 4 is 0 Å². The summed E-state index contributed by atoms with van der Waals surface area (Å²) >= 11 is 0. The van der Waals surface area contributed by atoms with Gasteiger partial charge in [-0.05, 0) is 43.7 Å². The van der Waals surface area contributed by atoms with Gasteiger partial charge in [-0.2, -0.15) is 0 Å². The van der Waals surface area contributed by atoms with Crippen molar-refractivity contribution in [3.63, 3.8) is 0 Å². The number of ether oxygens (including phenoxy) is 1. The highest BCUT2D eigenvalue weighted by atomic mass is 16.5. The van der Waals surface area contributed by atoms with E-state index in [4.69, 9.17) is 9.15 Å². The molecule has 5 nitrogen and oxygen atoms in total. The van der Waals surface area contributed by atoms with Crippen molar-refractivity contribution in [1.82, 2.24) is 15.1 Å². The molecule has 1 aliphatic heterocycles. The molecule has 134 valence electrons. The first-order valence-electron chi connectivity index (χ1n) is 8.97. The summed E-state index contributed by atoms with van der Waals surface area (Å²) in [6.45, 7) is 4.74. The molecular weight excluding hydrogens is 326 g/mol. The first kappa shape index (κ1) is 16.8. The monoisotopic (exact) mass is 349 g/mol. The summed E-state index contributed by atoms with van der Waals surface area (Å²) in [5.74, 6) is 2.70. The molecule has 0 amide bonds. The number of hydrogen-bond acceptors (Lipinski definition) is 5. The third-order valence-corrected chi connectivity index (χ3v) is 4.94. The van der Waals surface area contributed by atoms with E-state index in [0.29, 0.717) is 24.2 Å². The number of methoxy groups -OCH3 is 1. The Balaban J connectivity index is 1.43. The van der Waals surface area contributed by atoms with E-state index in [1.54, 1.807) is 7.11 Å². The highest BCUT2D eigenvalue weighted by molar-refractivity contribution is 5.53. The number of aryl methyl sites for hydroxylation is 1. The van der Waals surface area contributed by atoms with E-state index in [0.717, 1.165) is 30.8 Å². The van der Waals surface area contributed by atoms with Crippen molar-refractivity contribution in [3.8, 4) is 17.2 Å². The third-order valence-electron chi connectivity index (χ3n) is 4.94. The van der Waals surface area contributed by atoms with Crippen molar-refractivity contribution < 1.29 is 9.15 Å². The van der Waals surface area contributed by atoms with Gasteiger partial charge in [-0.15, -0.1) is 10.2 Å². The smallest absolute Gasteiger partial charge is 0.247 e. The van der Waals surface area contributed by atoms with E-state index < -0.39 is 0 Å². The van der Waals surface area contributed by atoms with Crippen LogP contribution in [-0.4, -0.2) is 35.3 Å². The molecule has 0 saturated carbocycles. The van der Waals surface area contributed by atoms with Gasteiger partial charge < -0.3 is 9.15 Å². The van der Waals surface area contributed by atoms with Gasteiger partial charge in [0, 0.05) is 18.0 Å². The van der Waals surface area contributed by atoms with Gasteiger partial charge >= 0.3 is 0 Å². The number of rotatable bonds is 5. The maximum absolute atomic E-state index is 5.88. The first-order valence-corrected chi connectivity index (χ1v) is 8.97. The maximum Gasteiger partial charge on any atom is 0.247 e. The van der Waals surface area contributed by atoms with Gasteiger partial charge in [0.25, 0.3) is 0 Å². The number of benzene rings is 2. The normalized spacial score (nSPS) is 17.5. The zero-order chi connectivity index (χ0) is 17.9. The molecule has 1 aliphatic rings. The Labute approximate surface area is 153 Å². The van der Waals surface area contributed by atoms with Crippen LogP contribution in [0.2, 0.25) is 0 Å². The van der Waals surface area contributed by atoms with Crippen molar-refractivity contribution in [2.75, 3.05) is 20.2 Å². The molecule has 0 bridgehead atoms. The predicted octanol–water partition coefficient (Wildman–Crippen LogP) is 4.04. The Hall–Kier alpha value is -2.66. The molecule has 0 N–H and O–H groups in total. The lowest BCUT2D eigenvalue weighted by atomic mass is 9.97. The van der Waals surface area contributed by atoms with Gasteiger partial charge in [-0.1, -0.05) is 35.9 Å². The van der Waals surface area contributed by atoms with Crippen molar-refractivity contribution in [2.24, 2.45) is 0 Å². The average Bonchev–Trinajstić information content (AvgIpc) is 3.32. The van der Waals surface area contributed by atoms with Gasteiger partial charge in [0.15, 0.2) is 0 Å². The van der Waals surface area contributed by atoms with Gasteiger partial charge in [-0.3, -0.25) is 4.90 Å². The second-order valence-electron chi connectivity index (χ2n) is 6.83. The third kappa shape index (κ3) is 3.48. The molecule has 5 heteroatoms. The summed E-state index contributed by atoms with van der Waals surface area (Å²) in [6, 6.07) is 16.4. The molecule has 0 unspecified atom stereocenters. The Morgan fingerprint density at radius 1 is 1.15 bits per heavy atom.